The lowest BCUT2D eigenvalue weighted by molar-refractivity contribution is 0.0600. The molecule has 2 aromatic carbocycles. The Morgan fingerprint density at radius 1 is 1.28 bits per heavy atom. The number of halogens is 1. The number of nitrogens with one attached hydrogen (secondary N) is 1. The topological polar surface area (TPSA) is 88.0 Å². The summed E-state index contributed by atoms with van der Waals surface area (Å²) >= 11 is 3.40. The molecule has 1 unspecified atom stereocenters. The highest BCUT2D eigenvalue weighted by Gasteiger charge is 2.16. The van der Waals surface area contributed by atoms with E-state index in [1.54, 1.807) is 12.1 Å². The lowest BCUT2D eigenvalue weighted by Crippen LogP contribution is -2.23. The van der Waals surface area contributed by atoms with Crippen molar-refractivity contribution in [3.8, 4) is 5.75 Å². The minimum Gasteiger partial charge on any atom is -0.487 e. The van der Waals surface area contributed by atoms with Crippen molar-refractivity contribution in [2.45, 2.75) is 12.7 Å². The van der Waals surface area contributed by atoms with Gasteiger partial charge in [-0.3, -0.25) is 0 Å². The number of carbonyl (C=O) groups is 1. The molecule has 3 N–H and O–H groups in total. The quantitative estimate of drug-likeness (QED) is 0.580. The molecule has 0 aliphatic carbocycles. The van der Waals surface area contributed by atoms with Crippen LogP contribution in [0.2, 0.25) is 0 Å². The first-order chi connectivity index (χ1) is 12.0. The van der Waals surface area contributed by atoms with E-state index in [4.69, 9.17) is 14.6 Å². The number of hydrogen-bond acceptors (Lipinski definition) is 6. The summed E-state index contributed by atoms with van der Waals surface area (Å²) in [4.78, 5) is 11.8. The third-order valence-electron chi connectivity index (χ3n) is 3.44. The summed E-state index contributed by atoms with van der Waals surface area (Å²) in [6.45, 7) is 0.0918. The number of esters is 1. The maximum atomic E-state index is 11.8. The fourth-order valence-electron chi connectivity index (χ4n) is 2.12. The molecule has 134 valence electrons. The van der Waals surface area contributed by atoms with Crippen LogP contribution in [0.5, 0.6) is 5.75 Å². The molecule has 0 aliphatic rings. The van der Waals surface area contributed by atoms with Crippen LogP contribution in [0.1, 0.15) is 15.9 Å². The predicted molar refractivity (Wildman–Crippen MR) is 97.8 cm³/mol. The van der Waals surface area contributed by atoms with Gasteiger partial charge in [-0.2, -0.15) is 0 Å². The summed E-state index contributed by atoms with van der Waals surface area (Å²) in [5.74, 6) is -0.0454. The van der Waals surface area contributed by atoms with E-state index >= 15 is 0 Å². The molecule has 0 aliphatic heterocycles. The molecule has 25 heavy (non-hydrogen) atoms. The molecule has 6 nitrogen and oxygen atoms in total. The van der Waals surface area contributed by atoms with Crippen molar-refractivity contribution in [1.82, 2.24) is 0 Å². The molecule has 0 amide bonds. The van der Waals surface area contributed by atoms with Gasteiger partial charge in [0.1, 0.15) is 12.4 Å². The van der Waals surface area contributed by atoms with Gasteiger partial charge in [0.05, 0.1) is 31.1 Å². The zero-order chi connectivity index (χ0) is 18.2. The van der Waals surface area contributed by atoms with Crippen LogP contribution in [-0.4, -0.2) is 42.5 Å². The second kappa shape index (κ2) is 9.41. The number of aliphatic hydroxyl groups excluding tert-OH is 2. The minimum atomic E-state index is -0.908. The van der Waals surface area contributed by atoms with Crippen molar-refractivity contribution in [1.29, 1.82) is 0 Å². The Hall–Kier alpha value is -2.09. The summed E-state index contributed by atoms with van der Waals surface area (Å²) in [5.41, 5.74) is 1.89. The number of hydrogen-bond donors (Lipinski definition) is 3. The van der Waals surface area contributed by atoms with Gasteiger partial charge in [-0.05, 0) is 33.6 Å². The smallest absolute Gasteiger partial charge is 0.338 e. The van der Waals surface area contributed by atoms with Crippen LogP contribution in [0.25, 0.3) is 0 Å². The number of methoxy groups -OCH3 is 1. The van der Waals surface area contributed by atoms with E-state index in [2.05, 4.69) is 21.2 Å². The molecule has 0 saturated carbocycles. The van der Waals surface area contributed by atoms with Gasteiger partial charge < -0.3 is 25.0 Å². The minimum absolute atomic E-state index is 0.133. The van der Waals surface area contributed by atoms with Crippen LogP contribution in [0.15, 0.2) is 46.9 Å². The molecule has 0 spiro atoms. The fourth-order valence-corrected chi connectivity index (χ4v) is 2.70. The molecule has 7 heteroatoms. The van der Waals surface area contributed by atoms with E-state index in [1.807, 2.05) is 30.3 Å². The second-order valence-electron chi connectivity index (χ2n) is 5.31. The van der Waals surface area contributed by atoms with Crippen molar-refractivity contribution in [2.24, 2.45) is 0 Å². The summed E-state index contributed by atoms with van der Waals surface area (Å²) in [6.07, 6.45) is -0.908. The number of benzene rings is 2. The monoisotopic (exact) mass is 409 g/mol. The highest BCUT2D eigenvalue weighted by atomic mass is 79.9. The zero-order valence-corrected chi connectivity index (χ0v) is 15.3. The molecule has 1 atom stereocenters. The maximum Gasteiger partial charge on any atom is 0.338 e. The normalized spacial score (nSPS) is 11.7. The number of aliphatic hydroxyl groups is 2. The first-order valence-electron chi connectivity index (χ1n) is 7.66. The molecule has 0 saturated heterocycles. The van der Waals surface area contributed by atoms with Crippen LogP contribution in [0, 0.1) is 0 Å². The Balaban J connectivity index is 2.27. The van der Waals surface area contributed by atoms with E-state index in [0.29, 0.717) is 28.1 Å². The van der Waals surface area contributed by atoms with E-state index in [-0.39, 0.29) is 13.2 Å². The van der Waals surface area contributed by atoms with E-state index < -0.39 is 12.1 Å². The Labute approximate surface area is 154 Å². The Morgan fingerprint density at radius 2 is 2.00 bits per heavy atom. The molecule has 0 bridgehead atoms. The van der Waals surface area contributed by atoms with Crippen LogP contribution in [0.3, 0.4) is 0 Å². The molecular weight excluding hydrogens is 390 g/mol. The summed E-state index contributed by atoms with van der Waals surface area (Å²) < 4.78 is 11.2. The van der Waals surface area contributed by atoms with Crippen molar-refractivity contribution in [3.05, 3.63) is 58.1 Å². The summed E-state index contributed by atoms with van der Waals surface area (Å²) in [7, 11) is 1.31. The van der Waals surface area contributed by atoms with Gasteiger partial charge in [-0.25, -0.2) is 4.79 Å². The lowest BCUT2D eigenvalue weighted by Gasteiger charge is -2.17. The lowest BCUT2D eigenvalue weighted by atomic mass is 10.1. The largest absolute Gasteiger partial charge is 0.487 e. The first-order valence-corrected chi connectivity index (χ1v) is 8.45. The van der Waals surface area contributed by atoms with E-state index in [0.717, 1.165) is 5.56 Å². The molecule has 0 heterocycles. The third kappa shape index (κ3) is 5.45. The molecule has 2 rings (SSSR count). The van der Waals surface area contributed by atoms with Crippen molar-refractivity contribution in [3.63, 3.8) is 0 Å². The number of anilines is 1. The number of ether oxygens (including phenoxy) is 2. The van der Waals surface area contributed by atoms with Gasteiger partial charge in [-0.1, -0.05) is 30.3 Å². The van der Waals surface area contributed by atoms with Gasteiger partial charge in [0.2, 0.25) is 0 Å². The van der Waals surface area contributed by atoms with E-state index in [1.165, 1.54) is 7.11 Å². The van der Waals surface area contributed by atoms with Crippen LogP contribution >= 0.6 is 15.9 Å². The van der Waals surface area contributed by atoms with Crippen LogP contribution < -0.4 is 10.1 Å². The number of rotatable bonds is 8. The molecule has 0 fully saturated rings. The fraction of sp³-hybridized carbons (Fsp3) is 0.278. The SMILES string of the molecule is COC(=O)c1cc(Br)c(NCC(O)CO)c(OCc2ccccc2)c1. The van der Waals surface area contributed by atoms with Gasteiger partial charge in [0.15, 0.2) is 0 Å². The highest BCUT2D eigenvalue weighted by molar-refractivity contribution is 9.10. The summed E-state index contributed by atoms with van der Waals surface area (Å²) in [5, 5.41) is 21.5. The molecule has 0 radical (unpaired) electrons. The van der Waals surface area contributed by atoms with Crippen LogP contribution in [-0.2, 0) is 11.3 Å². The van der Waals surface area contributed by atoms with Gasteiger partial charge in [0, 0.05) is 11.0 Å². The maximum absolute atomic E-state index is 11.8. The van der Waals surface area contributed by atoms with Crippen molar-refractivity contribution in [2.75, 3.05) is 25.6 Å². The number of carbonyl (C=O) groups excluding carboxylic acids is 1. The standard InChI is InChI=1S/C18H20BrNO5/c1-24-18(23)13-7-15(19)17(20-9-14(22)10-21)16(8-13)25-11-12-5-3-2-4-6-12/h2-8,14,20-22H,9-11H2,1H3. The molecule has 2 aromatic rings. The van der Waals surface area contributed by atoms with Gasteiger partial charge in [-0.15, -0.1) is 0 Å². The average molecular weight is 410 g/mol. The highest BCUT2D eigenvalue weighted by Crippen LogP contribution is 2.35. The predicted octanol–water partition coefficient (Wildman–Crippen LogP) is 2.58. The van der Waals surface area contributed by atoms with Gasteiger partial charge >= 0.3 is 5.97 Å². The zero-order valence-electron chi connectivity index (χ0n) is 13.7. The Morgan fingerprint density at radius 3 is 2.64 bits per heavy atom. The van der Waals surface area contributed by atoms with E-state index in [9.17, 15) is 9.90 Å². The Bertz CT molecular complexity index is 708. The van der Waals surface area contributed by atoms with Crippen molar-refractivity contribution < 1.29 is 24.5 Å². The molecular formula is C18H20BrNO5. The Kier molecular flexibility index (Phi) is 7.24. The third-order valence-corrected chi connectivity index (χ3v) is 4.06. The second-order valence-corrected chi connectivity index (χ2v) is 6.17. The molecule has 0 aromatic heterocycles. The average Bonchev–Trinajstić information content (AvgIpc) is 2.65. The van der Waals surface area contributed by atoms with Crippen molar-refractivity contribution >= 4 is 27.6 Å². The first kappa shape index (κ1) is 19.2. The van der Waals surface area contributed by atoms with Crippen LogP contribution in [0.4, 0.5) is 5.69 Å². The van der Waals surface area contributed by atoms with Gasteiger partial charge in [0.25, 0.3) is 0 Å². The summed E-state index contributed by atoms with van der Waals surface area (Å²) in [6, 6.07) is 12.8.